The summed E-state index contributed by atoms with van der Waals surface area (Å²) in [6.07, 6.45) is 0.827. The summed E-state index contributed by atoms with van der Waals surface area (Å²) in [6.45, 7) is 3.10. The first kappa shape index (κ1) is 18.2. The summed E-state index contributed by atoms with van der Waals surface area (Å²) >= 11 is 1.30. The molecule has 0 unspecified atom stereocenters. The van der Waals surface area contributed by atoms with Crippen molar-refractivity contribution in [1.82, 2.24) is 14.9 Å². The van der Waals surface area contributed by atoms with Gasteiger partial charge in [0.2, 0.25) is 5.91 Å². The van der Waals surface area contributed by atoms with Gasteiger partial charge in [0, 0.05) is 13.1 Å². The topological polar surface area (TPSA) is 64.0 Å². The molecule has 0 fully saturated rings. The van der Waals surface area contributed by atoms with Gasteiger partial charge in [0.05, 0.1) is 16.7 Å². The Hall–Kier alpha value is -2.60. The summed E-state index contributed by atoms with van der Waals surface area (Å²) in [6, 6.07) is 17.1. The zero-order chi connectivity index (χ0) is 18.4. The van der Waals surface area contributed by atoms with Crippen molar-refractivity contribution in [2.45, 2.75) is 31.6 Å². The number of hydrogen-bond acceptors (Lipinski definition) is 4. The summed E-state index contributed by atoms with van der Waals surface area (Å²) in [4.78, 5) is 29.5. The third kappa shape index (κ3) is 4.32. The minimum atomic E-state index is -0.0793. The number of carbonyl (C=O) groups excluding carboxylic acids is 1. The van der Waals surface area contributed by atoms with Crippen LogP contribution >= 0.6 is 11.8 Å². The predicted octanol–water partition coefficient (Wildman–Crippen LogP) is 3.22. The molecule has 1 aromatic heterocycles. The van der Waals surface area contributed by atoms with E-state index >= 15 is 0 Å². The van der Waals surface area contributed by atoms with Gasteiger partial charge in [-0.15, -0.1) is 0 Å². The number of amides is 1. The van der Waals surface area contributed by atoms with Crippen molar-refractivity contribution in [3.05, 3.63) is 70.5 Å². The van der Waals surface area contributed by atoms with Gasteiger partial charge in [-0.25, -0.2) is 4.98 Å². The van der Waals surface area contributed by atoms with Crippen LogP contribution in [0.25, 0.3) is 10.9 Å². The molecule has 134 valence electrons. The number of nitrogens with zero attached hydrogens (tertiary/aromatic N) is 2. The molecule has 0 radical (unpaired) electrons. The molecule has 1 amide bonds. The van der Waals surface area contributed by atoms with E-state index in [1.807, 2.05) is 55.5 Å². The maximum absolute atomic E-state index is 12.7. The van der Waals surface area contributed by atoms with E-state index in [0.717, 1.165) is 12.0 Å². The molecule has 0 saturated carbocycles. The third-order valence-electron chi connectivity index (χ3n) is 3.94. The molecule has 5 nitrogen and oxygen atoms in total. The third-order valence-corrected chi connectivity index (χ3v) is 4.92. The molecule has 1 N–H and O–H groups in total. The molecule has 26 heavy (non-hydrogen) atoms. The van der Waals surface area contributed by atoms with Gasteiger partial charge >= 0.3 is 0 Å². The number of thioether (sulfide) groups is 1. The molecule has 6 heteroatoms. The normalized spacial score (nSPS) is 10.8. The maximum atomic E-state index is 12.7. The first-order chi connectivity index (χ1) is 12.7. The van der Waals surface area contributed by atoms with Crippen molar-refractivity contribution in [3.63, 3.8) is 0 Å². The van der Waals surface area contributed by atoms with E-state index in [4.69, 9.17) is 0 Å². The zero-order valence-electron chi connectivity index (χ0n) is 14.6. The van der Waals surface area contributed by atoms with Crippen LogP contribution in [-0.4, -0.2) is 21.2 Å². The molecule has 0 bridgehead atoms. The van der Waals surface area contributed by atoms with Crippen molar-refractivity contribution in [3.8, 4) is 0 Å². The lowest BCUT2D eigenvalue weighted by Gasteiger charge is -2.12. The Bertz CT molecular complexity index is 954. The lowest BCUT2D eigenvalue weighted by Crippen LogP contribution is -2.26. The van der Waals surface area contributed by atoms with Gasteiger partial charge in [-0.3, -0.25) is 14.2 Å². The van der Waals surface area contributed by atoms with Crippen LogP contribution < -0.4 is 10.9 Å². The van der Waals surface area contributed by atoms with Crippen LogP contribution in [0, 0.1) is 0 Å². The maximum Gasteiger partial charge on any atom is 0.262 e. The van der Waals surface area contributed by atoms with Gasteiger partial charge in [0.1, 0.15) is 0 Å². The number of aromatic nitrogens is 2. The van der Waals surface area contributed by atoms with Crippen LogP contribution in [0.2, 0.25) is 0 Å². The Morgan fingerprint density at radius 3 is 2.62 bits per heavy atom. The van der Waals surface area contributed by atoms with Crippen molar-refractivity contribution < 1.29 is 4.79 Å². The van der Waals surface area contributed by atoms with E-state index in [2.05, 4.69) is 10.3 Å². The molecule has 2 aromatic carbocycles. The minimum absolute atomic E-state index is 0.0513. The molecular weight excluding hydrogens is 346 g/mol. The van der Waals surface area contributed by atoms with Crippen LogP contribution in [0.3, 0.4) is 0 Å². The number of hydrogen-bond donors (Lipinski definition) is 1. The average molecular weight is 367 g/mol. The van der Waals surface area contributed by atoms with Gasteiger partial charge in [-0.1, -0.05) is 61.2 Å². The highest BCUT2D eigenvalue weighted by atomic mass is 32.2. The number of carbonyl (C=O) groups is 1. The van der Waals surface area contributed by atoms with E-state index in [1.54, 1.807) is 10.6 Å². The molecule has 0 spiro atoms. The van der Waals surface area contributed by atoms with E-state index in [1.165, 1.54) is 11.8 Å². The van der Waals surface area contributed by atoms with Crippen LogP contribution in [0.15, 0.2) is 64.5 Å². The minimum Gasteiger partial charge on any atom is -0.351 e. The number of nitrogens with one attached hydrogen (secondary N) is 1. The fourth-order valence-corrected chi connectivity index (χ4v) is 3.51. The Morgan fingerprint density at radius 2 is 1.85 bits per heavy atom. The van der Waals surface area contributed by atoms with Gasteiger partial charge in [-0.2, -0.15) is 0 Å². The Balaban J connectivity index is 1.72. The second-order valence-corrected chi connectivity index (χ2v) is 6.86. The fraction of sp³-hybridized carbons (Fsp3) is 0.250. The predicted molar refractivity (Wildman–Crippen MR) is 105 cm³/mol. The second-order valence-electron chi connectivity index (χ2n) is 5.92. The lowest BCUT2D eigenvalue weighted by atomic mass is 10.2. The SMILES string of the molecule is CCCn1c(SCC(=O)NCc2ccccc2)nc2ccccc2c1=O. The van der Waals surface area contributed by atoms with Crippen molar-refractivity contribution in [1.29, 1.82) is 0 Å². The number of rotatable bonds is 7. The highest BCUT2D eigenvalue weighted by Gasteiger charge is 2.12. The first-order valence-corrected chi connectivity index (χ1v) is 9.60. The van der Waals surface area contributed by atoms with Crippen molar-refractivity contribution in [2.75, 3.05) is 5.75 Å². The molecule has 3 aromatic rings. The Labute approximate surface area is 156 Å². The van der Waals surface area contributed by atoms with Crippen LogP contribution in [0.4, 0.5) is 0 Å². The number of fused-ring (bicyclic) bond motifs is 1. The van der Waals surface area contributed by atoms with E-state index in [9.17, 15) is 9.59 Å². The summed E-state index contributed by atoms with van der Waals surface area (Å²) in [5.41, 5.74) is 1.67. The Kier molecular flexibility index (Phi) is 6.07. The summed E-state index contributed by atoms with van der Waals surface area (Å²) in [5.74, 6) is 0.144. The standard InChI is InChI=1S/C20H21N3O2S/c1-2-12-23-19(25)16-10-6-7-11-17(16)22-20(23)26-14-18(24)21-13-15-8-4-3-5-9-15/h3-11H,2,12-14H2,1H3,(H,21,24). The van der Waals surface area contributed by atoms with Gasteiger partial charge < -0.3 is 5.32 Å². The smallest absolute Gasteiger partial charge is 0.262 e. The lowest BCUT2D eigenvalue weighted by molar-refractivity contribution is -0.118. The molecule has 0 aliphatic rings. The monoisotopic (exact) mass is 367 g/mol. The van der Waals surface area contributed by atoms with Crippen molar-refractivity contribution >= 4 is 28.6 Å². The van der Waals surface area contributed by atoms with Crippen LogP contribution in [0.1, 0.15) is 18.9 Å². The Morgan fingerprint density at radius 1 is 1.12 bits per heavy atom. The van der Waals surface area contributed by atoms with Gasteiger partial charge in [0.15, 0.2) is 5.16 Å². The zero-order valence-corrected chi connectivity index (χ0v) is 15.5. The van der Waals surface area contributed by atoms with E-state index < -0.39 is 0 Å². The van der Waals surface area contributed by atoms with E-state index in [-0.39, 0.29) is 17.2 Å². The fourth-order valence-electron chi connectivity index (χ4n) is 2.66. The van der Waals surface area contributed by atoms with Gasteiger partial charge in [-0.05, 0) is 24.1 Å². The first-order valence-electron chi connectivity index (χ1n) is 8.62. The molecule has 1 heterocycles. The summed E-state index contributed by atoms with van der Waals surface area (Å²) in [5, 5.41) is 4.10. The molecule has 0 saturated heterocycles. The largest absolute Gasteiger partial charge is 0.351 e. The van der Waals surface area contributed by atoms with E-state index in [0.29, 0.717) is 29.1 Å². The van der Waals surface area contributed by atoms with Crippen LogP contribution in [0.5, 0.6) is 0 Å². The molecule has 0 aliphatic heterocycles. The van der Waals surface area contributed by atoms with Crippen LogP contribution in [-0.2, 0) is 17.9 Å². The van der Waals surface area contributed by atoms with Crippen molar-refractivity contribution in [2.24, 2.45) is 0 Å². The molecule has 0 aliphatic carbocycles. The summed E-state index contributed by atoms with van der Waals surface area (Å²) in [7, 11) is 0. The quantitative estimate of drug-likeness (QED) is 0.514. The highest BCUT2D eigenvalue weighted by Crippen LogP contribution is 2.18. The summed E-state index contributed by atoms with van der Waals surface area (Å²) < 4.78 is 1.66. The second kappa shape index (κ2) is 8.67. The van der Waals surface area contributed by atoms with Gasteiger partial charge in [0.25, 0.3) is 5.56 Å². The highest BCUT2D eigenvalue weighted by molar-refractivity contribution is 7.99. The number of benzene rings is 2. The number of para-hydroxylation sites is 1. The molecule has 0 atom stereocenters. The average Bonchev–Trinajstić information content (AvgIpc) is 2.68. The molecule has 3 rings (SSSR count). The molecular formula is C20H21N3O2S.